The van der Waals surface area contributed by atoms with E-state index in [1.807, 2.05) is 0 Å². The number of aromatic nitrogens is 2. The number of hydrogen-bond donors (Lipinski definition) is 2. The summed E-state index contributed by atoms with van der Waals surface area (Å²) < 4.78 is 89.5. The largest absolute Gasteiger partial charge is 0.530 e. The molecule has 15 heteroatoms. The van der Waals surface area contributed by atoms with Crippen LogP contribution in [0, 0.1) is 5.82 Å². The quantitative estimate of drug-likeness (QED) is 0.485. The summed E-state index contributed by atoms with van der Waals surface area (Å²) in [6.45, 7) is -1.62. The Labute approximate surface area is 177 Å². The van der Waals surface area contributed by atoms with Crippen molar-refractivity contribution in [2.45, 2.75) is 37.1 Å². The number of phosphoric acid groups is 1. The average molecular weight is 481 g/mol. The van der Waals surface area contributed by atoms with Crippen molar-refractivity contribution in [1.29, 1.82) is 0 Å². The van der Waals surface area contributed by atoms with E-state index in [0.29, 0.717) is 11.8 Å². The third-order valence-corrected chi connectivity index (χ3v) is 6.30. The fourth-order valence-electron chi connectivity index (χ4n) is 3.25. The van der Waals surface area contributed by atoms with E-state index in [1.54, 1.807) is 18.2 Å². The number of nitrogens with zero attached hydrogens (tertiary/aromatic N) is 2. The third kappa shape index (κ3) is 3.77. The SMILES string of the molecule is Nc1nc(=O)n(C2OC(COP3(=O)OCc4ccccc4O3)(C(F)F)C(F)C2O)cc1F. The molecule has 2 aromatic rings. The van der Waals surface area contributed by atoms with Gasteiger partial charge in [-0.05, 0) is 6.07 Å². The Balaban J connectivity index is 1.59. The molecule has 10 nitrogen and oxygen atoms in total. The molecule has 0 amide bonds. The minimum absolute atomic E-state index is 0.116. The number of phosphoric ester groups is 1. The molecule has 1 saturated heterocycles. The van der Waals surface area contributed by atoms with Gasteiger partial charge in [-0.1, -0.05) is 18.2 Å². The maximum absolute atomic E-state index is 14.9. The molecule has 0 bridgehead atoms. The van der Waals surface area contributed by atoms with Crippen LogP contribution in [0.1, 0.15) is 11.8 Å². The predicted molar refractivity (Wildman–Crippen MR) is 98.0 cm³/mol. The Morgan fingerprint density at radius 1 is 1.41 bits per heavy atom. The van der Waals surface area contributed by atoms with Crippen LogP contribution in [0.25, 0.3) is 0 Å². The number of aliphatic hydroxyl groups is 1. The van der Waals surface area contributed by atoms with E-state index in [1.165, 1.54) is 6.07 Å². The highest BCUT2D eigenvalue weighted by Gasteiger charge is 2.63. The van der Waals surface area contributed by atoms with E-state index in [-0.39, 0.29) is 16.9 Å². The average Bonchev–Trinajstić information content (AvgIpc) is 3.01. The minimum atomic E-state index is -4.46. The number of hydrogen-bond acceptors (Lipinski definition) is 9. The summed E-state index contributed by atoms with van der Waals surface area (Å²) in [5.74, 6) is -1.90. The molecule has 0 spiro atoms. The first-order valence-corrected chi connectivity index (χ1v) is 10.5. The van der Waals surface area contributed by atoms with Crippen LogP contribution >= 0.6 is 7.82 Å². The molecule has 1 aromatic carbocycles. The van der Waals surface area contributed by atoms with Crippen LogP contribution in [0.2, 0.25) is 0 Å². The standard InChI is InChI=1S/C17H16F4N3O7P/c18-9-5-24(16(26)23-13(9)22)14-11(25)12(19)17(30-14,15(20)21)7-29-32(27)28-6-8-3-1-2-4-10(8)31-32/h1-5,11-12,14-15,25H,6-7H2,(H2,22,23,26). The topological polar surface area (TPSA) is 135 Å². The molecule has 3 N–H and O–H groups in total. The summed E-state index contributed by atoms with van der Waals surface area (Å²) in [4.78, 5) is 15.1. The van der Waals surface area contributed by atoms with Crippen molar-refractivity contribution in [3.8, 4) is 5.75 Å². The molecule has 0 aliphatic carbocycles. The first-order valence-electron chi connectivity index (χ1n) is 9.05. The Hall–Kier alpha value is -2.51. The lowest BCUT2D eigenvalue weighted by Crippen LogP contribution is -2.50. The van der Waals surface area contributed by atoms with Gasteiger partial charge < -0.3 is 20.1 Å². The van der Waals surface area contributed by atoms with Gasteiger partial charge in [-0.15, -0.1) is 0 Å². The molecule has 1 aromatic heterocycles. The summed E-state index contributed by atoms with van der Waals surface area (Å²) >= 11 is 0. The number of anilines is 1. The highest BCUT2D eigenvalue weighted by Crippen LogP contribution is 2.56. The van der Waals surface area contributed by atoms with Crippen LogP contribution in [0.4, 0.5) is 23.4 Å². The van der Waals surface area contributed by atoms with Crippen molar-refractivity contribution >= 4 is 13.6 Å². The van der Waals surface area contributed by atoms with Crippen molar-refractivity contribution in [2.75, 3.05) is 12.3 Å². The van der Waals surface area contributed by atoms with Gasteiger partial charge in [0.1, 0.15) is 11.9 Å². The van der Waals surface area contributed by atoms with E-state index in [4.69, 9.17) is 24.0 Å². The Kier molecular flexibility index (Phi) is 5.75. The molecular weight excluding hydrogens is 465 g/mol. The maximum Gasteiger partial charge on any atom is 0.530 e. The Morgan fingerprint density at radius 2 is 2.12 bits per heavy atom. The van der Waals surface area contributed by atoms with Gasteiger partial charge in [0.2, 0.25) is 0 Å². The Bertz CT molecular complexity index is 1140. The van der Waals surface area contributed by atoms with E-state index in [0.717, 1.165) is 0 Å². The summed E-state index contributed by atoms with van der Waals surface area (Å²) in [5, 5.41) is 10.1. The summed E-state index contributed by atoms with van der Waals surface area (Å²) in [5.41, 5.74) is 1.19. The van der Waals surface area contributed by atoms with Crippen LogP contribution in [-0.4, -0.2) is 45.6 Å². The lowest BCUT2D eigenvalue weighted by molar-refractivity contribution is -0.185. The van der Waals surface area contributed by atoms with Crippen LogP contribution < -0.4 is 15.9 Å². The normalized spacial score (nSPS) is 32.0. The number of fused-ring (bicyclic) bond motifs is 1. The molecule has 5 atom stereocenters. The number of ether oxygens (including phenoxy) is 1. The second kappa shape index (κ2) is 8.12. The molecule has 32 heavy (non-hydrogen) atoms. The predicted octanol–water partition coefficient (Wildman–Crippen LogP) is 1.93. The van der Waals surface area contributed by atoms with Gasteiger partial charge in [0.25, 0.3) is 6.43 Å². The van der Waals surface area contributed by atoms with Crippen LogP contribution in [0.15, 0.2) is 35.3 Å². The molecule has 0 radical (unpaired) electrons. The van der Waals surface area contributed by atoms with Crippen LogP contribution in [-0.2, 0) is 25.0 Å². The van der Waals surface area contributed by atoms with Gasteiger partial charge in [-0.25, -0.2) is 26.9 Å². The number of alkyl halides is 3. The van der Waals surface area contributed by atoms with Crippen molar-refractivity contribution < 1.29 is 45.5 Å². The summed E-state index contributed by atoms with van der Waals surface area (Å²) in [6.07, 6.45) is -10.5. The molecule has 0 saturated carbocycles. The van der Waals surface area contributed by atoms with Gasteiger partial charge in [-0.2, -0.15) is 4.98 Å². The summed E-state index contributed by atoms with van der Waals surface area (Å²) in [7, 11) is -4.46. The fraction of sp³-hybridized carbons (Fsp3) is 0.412. The fourth-order valence-corrected chi connectivity index (χ4v) is 4.51. The minimum Gasteiger partial charge on any atom is -0.404 e. The zero-order chi connectivity index (χ0) is 23.3. The van der Waals surface area contributed by atoms with Crippen molar-refractivity contribution in [3.63, 3.8) is 0 Å². The third-order valence-electron chi connectivity index (χ3n) is 4.99. The molecular formula is C17H16F4N3O7P. The smallest absolute Gasteiger partial charge is 0.404 e. The van der Waals surface area contributed by atoms with Crippen molar-refractivity contribution in [3.05, 3.63) is 52.3 Å². The second-order valence-corrected chi connectivity index (χ2v) is 8.61. The van der Waals surface area contributed by atoms with Gasteiger partial charge in [0.15, 0.2) is 29.6 Å². The number of nitrogens with two attached hydrogens (primary N) is 1. The lowest BCUT2D eigenvalue weighted by Gasteiger charge is -2.32. The molecule has 5 unspecified atom stereocenters. The van der Waals surface area contributed by atoms with Crippen LogP contribution in [0.5, 0.6) is 5.75 Å². The molecule has 2 aliphatic heterocycles. The van der Waals surface area contributed by atoms with Gasteiger partial charge in [0, 0.05) is 5.56 Å². The van der Waals surface area contributed by atoms with Crippen molar-refractivity contribution in [1.82, 2.24) is 9.55 Å². The molecule has 1 fully saturated rings. The Morgan fingerprint density at radius 3 is 2.84 bits per heavy atom. The first-order chi connectivity index (χ1) is 15.1. The molecule has 174 valence electrons. The van der Waals surface area contributed by atoms with Crippen molar-refractivity contribution in [2.24, 2.45) is 0 Å². The number of nitrogen functional groups attached to an aromatic ring is 1. The number of para-hydroxylation sites is 1. The first kappa shape index (κ1) is 22.7. The maximum atomic E-state index is 14.9. The zero-order valence-corrected chi connectivity index (χ0v) is 16.8. The zero-order valence-electron chi connectivity index (χ0n) is 15.9. The van der Waals surface area contributed by atoms with E-state index < -0.39 is 62.3 Å². The number of aliphatic hydroxyl groups excluding tert-OH is 1. The number of benzene rings is 1. The van der Waals surface area contributed by atoms with Crippen LogP contribution in [0.3, 0.4) is 0 Å². The van der Waals surface area contributed by atoms with E-state index >= 15 is 0 Å². The number of halogens is 4. The summed E-state index contributed by atoms with van der Waals surface area (Å²) in [6, 6.07) is 6.27. The van der Waals surface area contributed by atoms with E-state index in [9.17, 15) is 32.0 Å². The highest BCUT2D eigenvalue weighted by molar-refractivity contribution is 7.49. The monoisotopic (exact) mass is 481 g/mol. The highest BCUT2D eigenvalue weighted by atomic mass is 31.2. The molecule has 2 aliphatic rings. The lowest BCUT2D eigenvalue weighted by atomic mass is 9.98. The molecule has 3 heterocycles. The van der Waals surface area contributed by atoms with Gasteiger partial charge >= 0.3 is 13.5 Å². The van der Waals surface area contributed by atoms with E-state index in [2.05, 4.69) is 4.98 Å². The van der Waals surface area contributed by atoms with Gasteiger partial charge in [-0.3, -0.25) is 13.6 Å². The molecule has 4 rings (SSSR count). The number of rotatable bonds is 5. The second-order valence-electron chi connectivity index (χ2n) is 7.01. The van der Waals surface area contributed by atoms with Gasteiger partial charge in [0.05, 0.1) is 19.4 Å².